The van der Waals surface area contributed by atoms with Crippen LogP contribution in [0.15, 0.2) is 54.7 Å². The van der Waals surface area contributed by atoms with E-state index in [4.69, 9.17) is 0 Å². The van der Waals surface area contributed by atoms with Gasteiger partial charge in [-0.2, -0.15) is 0 Å². The summed E-state index contributed by atoms with van der Waals surface area (Å²) >= 11 is 0. The molecule has 1 heterocycles. The zero-order valence-corrected chi connectivity index (χ0v) is 17.9. The lowest BCUT2D eigenvalue weighted by Gasteiger charge is -2.20. The van der Waals surface area contributed by atoms with Crippen LogP contribution in [0, 0.1) is 26.2 Å². The van der Waals surface area contributed by atoms with Crippen molar-refractivity contribution in [1.82, 2.24) is 0 Å². The van der Waals surface area contributed by atoms with Crippen LogP contribution in [0.1, 0.15) is 43.0 Å². The molecule has 140 valence electrons. The highest BCUT2D eigenvalue weighted by Crippen LogP contribution is 2.32. The first-order valence-electron chi connectivity index (χ1n) is 9.82. The van der Waals surface area contributed by atoms with Gasteiger partial charge < -0.3 is 0 Å². The van der Waals surface area contributed by atoms with Gasteiger partial charge in [0.15, 0.2) is 6.20 Å². The predicted molar refractivity (Wildman–Crippen MR) is 116 cm³/mol. The fourth-order valence-electron chi connectivity index (χ4n) is 3.91. The second-order valence-electron chi connectivity index (χ2n) is 9.06. The fourth-order valence-corrected chi connectivity index (χ4v) is 3.91. The number of nitrogens with zero attached hydrogens (tertiary/aromatic N) is 1. The lowest BCUT2D eigenvalue weighted by atomic mass is 9.86. The first-order valence-corrected chi connectivity index (χ1v) is 9.82. The Labute approximate surface area is 164 Å². The van der Waals surface area contributed by atoms with Crippen molar-refractivity contribution in [2.75, 3.05) is 0 Å². The summed E-state index contributed by atoms with van der Waals surface area (Å²) in [6, 6.07) is 17.8. The number of benzene rings is 2. The van der Waals surface area contributed by atoms with Crippen LogP contribution >= 0.6 is 0 Å². The predicted octanol–water partition coefficient (Wildman–Crippen LogP) is 6.36. The molecule has 0 saturated carbocycles. The van der Waals surface area contributed by atoms with E-state index in [9.17, 15) is 0 Å². The van der Waals surface area contributed by atoms with Crippen LogP contribution in [0.2, 0.25) is 0 Å². The van der Waals surface area contributed by atoms with Crippen LogP contribution in [0.5, 0.6) is 0 Å². The summed E-state index contributed by atoms with van der Waals surface area (Å²) in [4.78, 5) is 0. The number of aromatic nitrogens is 1. The zero-order chi connectivity index (χ0) is 19.8. The third-order valence-corrected chi connectivity index (χ3v) is 5.24. The topological polar surface area (TPSA) is 3.88 Å². The highest BCUT2D eigenvalue weighted by molar-refractivity contribution is 5.75. The highest BCUT2D eigenvalue weighted by atomic mass is 14.9. The van der Waals surface area contributed by atoms with E-state index in [0.29, 0.717) is 0 Å². The summed E-state index contributed by atoms with van der Waals surface area (Å²) in [5.41, 5.74) is 10.9. The van der Waals surface area contributed by atoms with Gasteiger partial charge in [-0.15, -0.1) is 0 Å². The summed E-state index contributed by atoms with van der Waals surface area (Å²) in [5.74, 6) is 0. The smallest absolute Gasteiger partial charge is 0.201 e. The Hall–Kier alpha value is -2.41. The average Bonchev–Trinajstić information content (AvgIpc) is 2.58. The van der Waals surface area contributed by atoms with Crippen molar-refractivity contribution in [1.29, 1.82) is 0 Å². The molecule has 0 unspecified atom stereocenters. The molecule has 1 heteroatoms. The minimum absolute atomic E-state index is 0.277. The number of aryl methyl sites for hydroxylation is 4. The van der Waals surface area contributed by atoms with Crippen LogP contribution in [0.4, 0.5) is 0 Å². The Morgan fingerprint density at radius 1 is 0.778 bits per heavy atom. The minimum atomic E-state index is 0.277. The van der Waals surface area contributed by atoms with Gasteiger partial charge in [0.1, 0.15) is 7.05 Å². The molecule has 1 nitrogen and oxygen atoms in total. The monoisotopic (exact) mass is 358 g/mol. The molecule has 2 aromatic carbocycles. The van der Waals surface area contributed by atoms with Crippen molar-refractivity contribution in [2.45, 2.75) is 48.0 Å². The van der Waals surface area contributed by atoms with E-state index in [-0.39, 0.29) is 5.41 Å². The van der Waals surface area contributed by atoms with Gasteiger partial charge in [0.2, 0.25) is 5.69 Å². The van der Waals surface area contributed by atoms with E-state index < -0.39 is 0 Å². The third-order valence-electron chi connectivity index (χ3n) is 5.24. The molecule has 1 aromatic heterocycles. The molecule has 0 radical (unpaired) electrons. The highest BCUT2D eigenvalue weighted by Gasteiger charge is 2.20. The van der Waals surface area contributed by atoms with E-state index in [2.05, 4.69) is 108 Å². The Morgan fingerprint density at radius 3 is 2.04 bits per heavy atom. The van der Waals surface area contributed by atoms with Crippen LogP contribution in [0.3, 0.4) is 0 Å². The number of rotatable bonds is 3. The summed E-state index contributed by atoms with van der Waals surface area (Å²) < 4.78 is 2.27. The molecule has 0 aliphatic rings. The van der Waals surface area contributed by atoms with E-state index in [1.807, 2.05) is 0 Å². The van der Waals surface area contributed by atoms with Gasteiger partial charge in [0, 0.05) is 17.2 Å². The zero-order valence-electron chi connectivity index (χ0n) is 17.9. The molecule has 0 bridgehead atoms. The summed E-state index contributed by atoms with van der Waals surface area (Å²) in [7, 11) is 2.16. The van der Waals surface area contributed by atoms with Crippen LogP contribution in [0.25, 0.3) is 22.4 Å². The Kier molecular flexibility index (Phi) is 5.24. The molecule has 0 atom stereocenters. The standard InChI is InChI=1S/C26H32N/c1-18-13-19(2)24(15-23(18)21-11-9-8-10-12-21)25-14-22(16-26(4,5)6)20(3)17-27(25)7/h8-15,17H,16H2,1-7H3/q+1. The molecule has 0 amide bonds. The van der Waals surface area contributed by atoms with Gasteiger partial charge in [0.25, 0.3) is 0 Å². The molecule has 0 saturated heterocycles. The Morgan fingerprint density at radius 2 is 1.41 bits per heavy atom. The van der Waals surface area contributed by atoms with Gasteiger partial charge in [-0.25, -0.2) is 4.57 Å². The van der Waals surface area contributed by atoms with Crippen molar-refractivity contribution in [3.8, 4) is 22.4 Å². The van der Waals surface area contributed by atoms with E-state index in [1.54, 1.807) is 0 Å². The van der Waals surface area contributed by atoms with Gasteiger partial charge in [-0.1, -0.05) is 57.2 Å². The molecule has 0 N–H and O–H groups in total. The van der Waals surface area contributed by atoms with E-state index in [0.717, 1.165) is 6.42 Å². The van der Waals surface area contributed by atoms with E-state index >= 15 is 0 Å². The van der Waals surface area contributed by atoms with E-state index in [1.165, 1.54) is 44.6 Å². The molecule has 0 spiro atoms. The maximum Gasteiger partial charge on any atom is 0.212 e. The first kappa shape index (κ1) is 19.4. The van der Waals surface area contributed by atoms with Gasteiger partial charge in [0.05, 0.1) is 0 Å². The minimum Gasteiger partial charge on any atom is -0.201 e. The summed E-state index contributed by atoms with van der Waals surface area (Å²) in [6.45, 7) is 13.6. The molecule has 0 aliphatic heterocycles. The molecule has 3 aromatic rings. The quantitative estimate of drug-likeness (QED) is 0.480. The largest absolute Gasteiger partial charge is 0.212 e. The molecular weight excluding hydrogens is 326 g/mol. The maximum absolute atomic E-state index is 2.40. The second-order valence-corrected chi connectivity index (χ2v) is 9.06. The summed E-state index contributed by atoms with van der Waals surface area (Å²) in [6.07, 6.45) is 3.36. The van der Waals surface area contributed by atoms with Crippen molar-refractivity contribution >= 4 is 0 Å². The number of hydrogen-bond donors (Lipinski definition) is 0. The molecule has 27 heavy (non-hydrogen) atoms. The van der Waals surface area contributed by atoms with Gasteiger partial charge in [-0.3, -0.25) is 0 Å². The van der Waals surface area contributed by atoms with Crippen LogP contribution < -0.4 is 4.57 Å². The average molecular weight is 359 g/mol. The van der Waals surface area contributed by atoms with Crippen molar-refractivity contribution in [3.63, 3.8) is 0 Å². The fraction of sp³-hybridized carbons (Fsp3) is 0.346. The van der Waals surface area contributed by atoms with Crippen LogP contribution in [-0.4, -0.2) is 0 Å². The first-order chi connectivity index (χ1) is 12.7. The summed E-state index contributed by atoms with van der Waals surface area (Å²) in [5, 5.41) is 0. The SMILES string of the molecule is Cc1c[n+](C)c(-c2cc(-c3ccccc3)c(C)cc2C)cc1CC(C)(C)C. The Balaban J connectivity index is 2.18. The van der Waals surface area contributed by atoms with Crippen molar-refractivity contribution in [3.05, 3.63) is 77.0 Å². The molecule has 0 aliphatic carbocycles. The lowest BCUT2D eigenvalue weighted by molar-refractivity contribution is -0.660. The van der Waals surface area contributed by atoms with Crippen molar-refractivity contribution < 1.29 is 4.57 Å². The van der Waals surface area contributed by atoms with Crippen molar-refractivity contribution in [2.24, 2.45) is 12.5 Å². The second kappa shape index (κ2) is 7.31. The van der Waals surface area contributed by atoms with Crippen LogP contribution in [-0.2, 0) is 13.5 Å². The lowest BCUT2D eigenvalue weighted by Crippen LogP contribution is -2.32. The van der Waals surface area contributed by atoms with Gasteiger partial charge >= 0.3 is 0 Å². The molecular formula is C26H32N+. The molecule has 0 fully saturated rings. The number of hydrogen-bond acceptors (Lipinski definition) is 0. The molecule has 3 rings (SSSR count). The normalized spacial score (nSPS) is 11.7. The van der Waals surface area contributed by atoms with Gasteiger partial charge in [-0.05, 0) is 66.5 Å². The Bertz CT molecular complexity index is 960. The maximum atomic E-state index is 2.40. The number of pyridine rings is 1. The third kappa shape index (κ3) is 4.30.